The third-order valence-electron chi connectivity index (χ3n) is 4.19. The van der Waals surface area contributed by atoms with Crippen LogP contribution in [0.5, 0.6) is 0 Å². The van der Waals surface area contributed by atoms with Crippen molar-refractivity contribution in [3.05, 3.63) is 35.8 Å². The highest BCUT2D eigenvalue weighted by Gasteiger charge is 2.26. The van der Waals surface area contributed by atoms with Crippen molar-refractivity contribution in [1.29, 1.82) is 0 Å². The predicted octanol–water partition coefficient (Wildman–Crippen LogP) is 3.77. The Morgan fingerprint density at radius 2 is 2.22 bits per heavy atom. The Bertz CT molecular complexity index is 563. The molecule has 1 aromatic carbocycles. The van der Waals surface area contributed by atoms with Crippen LogP contribution < -0.4 is 0 Å². The van der Waals surface area contributed by atoms with Gasteiger partial charge in [-0.15, -0.1) is 0 Å². The van der Waals surface area contributed by atoms with Crippen LogP contribution in [0.1, 0.15) is 31.2 Å². The Kier molecular flexibility index (Phi) is 2.86. The average Bonchev–Trinajstić information content (AvgIpc) is 2.79. The fourth-order valence-corrected chi connectivity index (χ4v) is 2.95. The number of benzene rings is 1. The molecule has 0 amide bonds. The molecule has 2 unspecified atom stereocenters. The Labute approximate surface area is 106 Å². The molecule has 0 spiro atoms. The van der Waals surface area contributed by atoms with E-state index in [2.05, 4.69) is 18.9 Å². The molecule has 3 heteroatoms. The maximum atomic E-state index is 13.7. The molecule has 0 bridgehead atoms. The molecule has 1 saturated heterocycles. The highest BCUT2D eigenvalue weighted by Crippen LogP contribution is 2.35. The van der Waals surface area contributed by atoms with E-state index in [1.54, 1.807) is 18.4 Å². The molecule has 2 atom stereocenters. The van der Waals surface area contributed by atoms with Gasteiger partial charge in [0.1, 0.15) is 11.4 Å². The van der Waals surface area contributed by atoms with Gasteiger partial charge in [-0.25, -0.2) is 4.39 Å². The van der Waals surface area contributed by atoms with Crippen LogP contribution in [0.4, 0.5) is 4.39 Å². The SMILES string of the molecule is CC1CC(c2cc(F)cc3ccoc23)CCN1C. The number of fused-ring (bicyclic) bond motifs is 1. The van der Waals surface area contributed by atoms with E-state index in [9.17, 15) is 4.39 Å². The summed E-state index contributed by atoms with van der Waals surface area (Å²) in [4.78, 5) is 2.36. The number of piperidine rings is 1. The average molecular weight is 247 g/mol. The molecule has 0 radical (unpaired) electrons. The van der Waals surface area contributed by atoms with Gasteiger partial charge >= 0.3 is 0 Å². The van der Waals surface area contributed by atoms with Crippen molar-refractivity contribution in [3.8, 4) is 0 Å². The van der Waals surface area contributed by atoms with Crippen molar-refractivity contribution in [2.45, 2.75) is 31.7 Å². The van der Waals surface area contributed by atoms with Crippen LogP contribution >= 0.6 is 0 Å². The lowest BCUT2D eigenvalue weighted by molar-refractivity contribution is 0.182. The van der Waals surface area contributed by atoms with Crippen molar-refractivity contribution in [2.24, 2.45) is 0 Å². The molecule has 1 aliphatic rings. The van der Waals surface area contributed by atoms with Crippen molar-refractivity contribution < 1.29 is 8.81 Å². The molecule has 0 N–H and O–H groups in total. The van der Waals surface area contributed by atoms with Crippen molar-refractivity contribution in [3.63, 3.8) is 0 Å². The number of halogens is 1. The molecular weight excluding hydrogens is 229 g/mol. The highest BCUT2D eigenvalue weighted by atomic mass is 19.1. The molecule has 18 heavy (non-hydrogen) atoms. The van der Waals surface area contributed by atoms with Gasteiger partial charge in [0, 0.05) is 17.0 Å². The molecule has 0 aliphatic carbocycles. The molecule has 0 saturated carbocycles. The molecular formula is C15H18FNO. The summed E-state index contributed by atoms with van der Waals surface area (Å²) in [7, 11) is 2.15. The lowest BCUT2D eigenvalue weighted by Gasteiger charge is -2.35. The van der Waals surface area contributed by atoms with E-state index in [1.165, 1.54) is 0 Å². The van der Waals surface area contributed by atoms with Crippen LogP contribution in [0.25, 0.3) is 11.0 Å². The zero-order valence-corrected chi connectivity index (χ0v) is 10.8. The summed E-state index contributed by atoms with van der Waals surface area (Å²) in [6.07, 6.45) is 3.78. The summed E-state index contributed by atoms with van der Waals surface area (Å²) in [5.74, 6) is 0.242. The van der Waals surface area contributed by atoms with Gasteiger partial charge < -0.3 is 9.32 Å². The summed E-state index contributed by atoms with van der Waals surface area (Å²) in [6, 6.07) is 5.56. The molecule has 96 valence electrons. The number of likely N-dealkylation sites (tertiary alicyclic amines) is 1. The predicted molar refractivity (Wildman–Crippen MR) is 70.2 cm³/mol. The fourth-order valence-electron chi connectivity index (χ4n) is 2.95. The quantitative estimate of drug-likeness (QED) is 0.762. The van der Waals surface area contributed by atoms with Gasteiger partial charge in [0.2, 0.25) is 0 Å². The zero-order valence-electron chi connectivity index (χ0n) is 10.8. The van der Waals surface area contributed by atoms with E-state index in [1.807, 2.05) is 6.07 Å². The molecule has 3 rings (SSSR count). The first-order valence-corrected chi connectivity index (χ1v) is 6.52. The number of nitrogens with zero attached hydrogens (tertiary/aromatic N) is 1. The molecule has 2 heterocycles. The summed E-state index contributed by atoms with van der Waals surface area (Å²) >= 11 is 0. The third-order valence-corrected chi connectivity index (χ3v) is 4.19. The summed E-state index contributed by atoms with van der Waals surface area (Å²) in [5, 5.41) is 0.872. The van der Waals surface area contributed by atoms with Crippen molar-refractivity contribution >= 4 is 11.0 Å². The van der Waals surface area contributed by atoms with Gasteiger partial charge in [-0.2, -0.15) is 0 Å². The second-order valence-corrected chi connectivity index (χ2v) is 5.38. The van der Waals surface area contributed by atoms with Crippen LogP contribution in [0.2, 0.25) is 0 Å². The molecule has 2 aromatic rings. The highest BCUT2D eigenvalue weighted by molar-refractivity contribution is 5.81. The first kappa shape index (κ1) is 11.7. The summed E-state index contributed by atoms with van der Waals surface area (Å²) in [6.45, 7) is 3.29. The van der Waals surface area contributed by atoms with E-state index in [0.29, 0.717) is 12.0 Å². The Morgan fingerprint density at radius 3 is 3.00 bits per heavy atom. The van der Waals surface area contributed by atoms with E-state index >= 15 is 0 Å². The smallest absolute Gasteiger partial charge is 0.137 e. The van der Waals surface area contributed by atoms with Crippen LogP contribution in [-0.2, 0) is 0 Å². The molecule has 2 nitrogen and oxygen atoms in total. The lowest BCUT2D eigenvalue weighted by Crippen LogP contribution is -2.36. The lowest BCUT2D eigenvalue weighted by atomic mass is 9.85. The van der Waals surface area contributed by atoms with Gasteiger partial charge in [0.05, 0.1) is 6.26 Å². The molecule has 1 aromatic heterocycles. The van der Waals surface area contributed by atoms with Crippen LogP contribution in [0.3, 0.4) is 0 Å². The van der Waals surface area contributed by atoms with E-state index in [4.69, 9.17) is 4.42 Å². The number of furan rings is 1. The van der Waals surface area contributed by atoms with Gasteiger partial charge in [-0.05, 0) is 57.5 Å². The van der Waals surface area contributed by atoms with Gasteiger partial charge in [0.15, 0.2) is 0 Å². The van der Waals surface area contributed by atoms with Crippen LogP contribution in [-0.4, -0.2) is 24.5 Å². The summed E-state index contributed by atoms with van der Waals surface area (Å²) < 4.78 is 19.2. The number of hydrogen-bond donors (Lipinski definition) is 0. The Balaban J connectivity index is 2.01. The minimum atomic E-state index is -0.162. The largest absolute Gasteiger partial charge is 0.464 e. The number of rotatable bonds is 1. The maximum absolute atomic E-state index is 13.7. The standard InChI is InChI=1S/C15H18FNO/c1-10-7-11(3-5-17(10)2)14-9-13(16)8-12-4-6-18-15(12)14/h4,6,8-11H,3,5,7H2,1-2H3. The zero-order chi connectivity index (χ0) is 12.7. The normalized spacial score (nSPS) is 25.7. The van der Waals surface area contributed by atoms with Crippen LogP contribution in [0, 0.1) is 5.82 Å². The van der Waals surface area contributed by atoms with E-state index < -0.39 is 0 Å². The van der Waals surface area contributed by atoms with E-state index in [-0.39, 0.29) is 5.82 Å². The fraction of sp³-hybridized carbons (Fsp3) is 0.467. The van der Waals surface area contributed by atoms with Gasteiger partial charge in [-0.3, -0.25) is 0 Å². The minimum absolute atomic E-state index is 0.162. The Hall–Kier alpha value is -1.35. The minimum Gasteiger partial charge on any atom is -0.464 e. The maximum Gasteiger partial charge on any atom is 0.137 e. The van der Waals surface area contributed by atoms with Crippen molar-refractivity contribution in [2.75, 3.05) is 13.6 Å². The van der Waals surface area contributed by atoms with Gasteiger partial charge in [-0.1, -0.05) is 0 Å². The Morgan fingerprint density at radius 1 is 1.39 bits per heavy atom. The third kappa shape index (κ3) is 1.93. The van der Waals surface area contributed by atoms with Crippen molar-refractivity contribution in [1.82, 2.24) is 4.90 Å². The molecule has 1 aliphatic heterocycles. The van der Waals surface area contributed by atoms with Crippen LogP contribution in [0.15, 0.2) is 28.9 Å². The second kappa shape index (κ2) is 4.39. The summed E-state index contributed by atoms with van der Waals surface area (Å²) in [5.41, 5.74) is 1.90. The topological polar surface area (TPSA) is 16.4 Å². The first-order valence-electron chi connectivity index (χ1n) is 6.52. The monoisotopic (exact) mass is 247 g/mol. The van der Waals surface area contributed by atoms with E-state index in [0.717, 1.165) is 35.9 Å². The second-order valence-electron chi connectivity index (χ2n) is 5.38. The molecule has 1 fully saturated rings. The van der Waals surface area contributed by atoms with Gasteiger partial charge in [0.25, 0.3) is 0 Å². The first-order chi connectivity index (χ1) is 8.65. The number of hydrogen-bond acceptors (Lipinski definition) is 2.